The Labute approximate surface area is 152 Å². The summed E-state index contributed by atoms with van der Waals surface area (Å²) < 4.78 is 0. The minimum absolute atomic E-state index is 0.0564. The van der Waals surface area contributed by atoms with Crippen molar-refractivity contribution >= 4 is 5.78 Å². The van der Waals surface area contributed by atoms with E-state index in [4.69, 9.17) is 0 Å². The van der Waals surface area contributed by atoms with E-state index < -0.39 is 5.60 Å². The summed E-state index contributed by atoms with van der Waals surface area (Å²) in [5.41, 5.74) is 2.32. The van der Waals surface area contributed by atoms with Gasteiger partial charge in [-0.1, -0.05) is 19.1 Å². The zero-order valence-electron chi connectivity index (χ0n) is 14.9. The number of nitrogens with zero attached hydrogens (tertiary/aromatic N) is 3. The second kappa shape index (κ2) is 7.54. The van der Waals surface area contributed by atoms with E-state index in [0.717, 1.165) is 23.1 Å². The van der Waals surface area contributed by atoms with Gasteiger partial charge in [0.25, 0.3) is 0 Å². The number of hydrogen-bond acceptors (Lipinski definition) is 5. The molecule has 0 aliphatic carbocycles. The average molecular weight is 347 g/mol. The quantitative estimate of drug-likeness (QED) is 0.687. The van der Waals surface area contributed by atoms with Crippen molar-refractivity contribution in [2.24, 2.45) is 0 Å². The number of aromatic nitrogens is 3. The summed E-state index contributed by atoms with van der Waals surface area (Å²) in [6.45, 7) is 3.68. The molecule has 0 fully saturated rings. The van der Waals surface area contributed by atoms with Crippen LogP contribution in [0.3, 0.4) is 0 Å². The summed E-state index contributed by atoms with van der Waals surface area (Å²) >= 11 is 0. The monoisotopic (exact) mass is 347 g/mol. The van der Waals surface area contributed by atoms with Gasteiger partial charge in [0.15, 0.2) is 5.78 Å². The van der Waals surface area contributed by atoms with Gasteiger partial charge in [-0.05, 0) is 43.2 Å². The molecule has 0 bridgehead atoms. The predicted octanol–water partition coefficient (Wildman–Crippen LogP) is 3.78. The molecule has 0 saturated carbocycles. The molecule has 0 radical (unpaired) electrons. The van der Waals surface area contributed by atoms with Crippen LogP contribution in [0.2, 0.25) is 0 Å². The highest BCUT2D eigenvalue weighted by atomic mass is 16.3. The highest BCUT2D eigenvalue weighted by molar-refractivity contribution is 5.94. The summed E-state index contributed by atoms with van der Waals surface area (Å²) in [6, 6.07) is 10.8. The molecule has 3 aromatic rings. The van der Waals surface area contributed by atoms with E-state index in [9.17, 15) is 9.90 Å². The SMILES string of the molecule is CCCC(=O)c1ccc(-c2ccc(C(C)(O)c3ccncc3)nc2)cn1. The molecule has 3 rings (SSSR count). The summed E-state index contributed by atoms with van der Waals surface area (Å²) in [7, 11) is 0. The van der Waals surface area contributed by atoms with Gasteiger partial charge in [-0.2, -0.15) is 0 Å². The van der Waals surface area contributed by atoms with Gasteiger partial charge in [0.05, 0.1) is 5.69 Å². The van der Waals surface area contributed by atoms with Gasteiger partial charge in [0.1, 0.15) is 11.3 Å². The van der Waals surface area contributed by atoms with Crippen molar-refractivity contribution in [2.45, 2.75) is 32.3 Å². The fourth-order valence-electron chi connectivity index (χ4n) is 2.76. The van der Waals surface area contributed by atoms with Crippen LogP contribution in [0.4, 0.5) is 0 Å². The van der Waals surface area contributed by atoms with Crippen molar-refractivity contribution in [3.8, 4) is 11.1 Å². The minimum atomic E-state index is -1.20. The lowest BCUT2D eigenvalue weighted by molar-refractivity contribution is 0.0969. The van der Waals surface area contributed by atoms with Crippen LogP contribution in [0, 0.1) is 0 Å². The first-order chi connectivity index (χ1) is 12.5. The van der Waals surface area contributed by atoms with Gasteiger partial charge >= 0.3 is 0 Å². The number of rotatable bonds is 6. The number of pyridine rings is 3. The molecule has 0 saturated heterocycles. The Morgan fingerprint density at radius 3 is 2.19 bits per heavy atom. The largest absolute Gasteiger partial charge is 0.379 e. The molecular formula is C21H21N3O2. The molecule has 26 heavy (non-hydrogen) atoms. The molecule has 0 aliphatic rings. The smallest absolute Gasteiger partial charge is 0.181 e. The molecule has 5 heteroatoms. The molecule has 5 nitrogen and oxygen atoms in total. The highest BCUT2D eigenvalue weighted by Crippen LogP contribution is 2.28. The van der Waals surface area contributed by atoms with Gasteiger partial charge in [0.2, 0.25) is 0 Å². The second-order valence-electron chi connectivity index (χ2n) is 6.35. The van der Waals surface area contributed by atoms with Crippen LogP contribution in [0.25, 0.3) is 11.1 Å². The number of Topliss-reactive ketones (excluding diaryl/α,β-unsaturated/α-hetero) is 1. The van der Waals surface area contributed by atoms with E-state index in [1.54, 1.807) is 56.0 Å². The molecule has 0 spiro atoms. The lowest BCUT2D eigenvalue weighted by Crippen LogP contribution is -2.24. The zero-order chi connectivity index (χ0) is 18.6. The van der Waals surface area contributed by atoms with Crippen LogP contribution in [-0.4, -0.2) is 25.8 Å². The van der Waals surface area contributed by atoms with Gasteiger partial charge in [0, 0.05) is 42.3 Å². The zero-order valence-corrected chi connectivity index (χ0v) is 14.9. The van der Waals surface area contributed by atoms with E-state index in [2.05, 4.69) is 15.0 Å². The summed E-state index contributed by atoms with van der Waals surface area (Å²) in [4.78, 5) is 24.5. The van der Waals surface area contributed by atoms with Crippen molar-refractivity contribution in [3.05, 3.63) is 78.1 Å². The fourth-order valence-corrected chi connectivity index (χ4v) is 2.76. The third kappa shape index (κ3) is 3.68. The van der Waals surface area contributed by atoms with Gasteiger partial charge in [-0.3, -0.25) is 19.7 Å². The molecule has 1 N–H and O–H groups in total. The van der Waals surface area contributed by atoms with Crippen LogP contribution in [0.1, 0.15) is 48.4 Å². The molecule has 1 atom stereocenters. The van der Waals surface area contributed by atoms with Crippen LogP contribution >= 0.6 is 0 Å². The standard InChI is InChI=1S/C21H21N3O2/c1-3-4-19(25)18-7-5-15(13-23-18)16-6-8-20(24-14-16)21(2,26)17-9-11-22-12-10-17/h5-14,26H,3-4H2,1-2H3. The molecule has 0 aliphatic heterocycles. The third-order valence-corrected chi connectivity index (χ3v) is 4.36. The third-order valence-electron chi connectivity index (χ3n) is 4.36. The van der Waals surface area contributed by atoms with Crippen molar-refractivity contribution in [2.75, 3.05) is 0 Å². The summed E-state index contributed by atoms with van der Waals surface area (Å²) in [6.07, 6.45) is 7.99. The van der Waals surface area contributed by atoms with Gasteiger partial charge in [-0.25, -0.2) is 0 Å². The molecule has 0 aromatic carbocycles. The number of ketones is 1. The maximum atomic E-state index is 11.9. The summed E-state index contributed by atoms with van der Waals surface area (Å²) in [5.74, 6) is 0.0564. The van der Waals surface area contributed by atoms with E-state index >= 15 is 0 Å². The highest BCUT2D eigenvalue weighted by Gasteiger charge is 2.27. The lowest BCUT2D eigenvalue weighted by Gasteiger charge is -2.23. The van der Waals surface area contributed by atoms with E-state index in [1.165, 1.54) is 0 Å². The Morgan fingerprint density at radius 2 is 1.65 bits per heavy atom. The van der Waals surface area contributed by atoms with Crippen molar-refractivity contribution in [1.29, 1.82) is 0 Å². The van der Waals surface area contributed by atoms with Crippen molar-refractivity contribution in [1.82, 2.24) is 15.0 Å². The Kier molecular flexibility index (Phi) is 5.19. The maximum Gasteiger partial charge on any atom is 0.181 e. The maximum absolute atomic E-state index is 11.9. The first-order valence-corrected chi connectivity index (χ1v) is 8.61. The van der Waals surface area contributed by atoms with Crippen molar-refractivity contribution in [3.63, 3.8) is 0 Å². The fraction of sp³-hybridized carbons (Fsp3) is 0.238. The number of aliphatic hydroxyl groups is 1. The first-order valence-electron chi connectivity index (χ1n) is 8.61. The molecule has 132 valence electrons. The van der Waals surface area contributed by atoms with E-state index in [1.807, 2.05) is 19.1 Å². The first kappa shape index (κ1) is 17.9. The predicted molar refractivity (Wildman–Crippen MR) is 99.6 cm³/mol. The molecule has 3 heterocycles. The average Bonchev–Trinajstić information content (AvgIpc) is 2.69. The second-order valence-corrected chi connectivity index (χ2v) is 6.35. The van der Waals surface area contributed by atoms with Crippen LogP contribution in [0.5, 0.6) is 0 Å². The molecule has 3 aromatic heterocycles. The number of carbonyl (C=O) groups excluding carboxylic acids is 1. The topological polar surface area (TPSA) is 76.0 Å². The lowest BCUT2D eigenvalue weighted by atomic mass is 9.92. The van der Waals surface area contributed by atoms with Crippen LogP contribution < -0.4 is 0 Å². The Hall–Kier alpha value is -2.92. The van der Waals surface area contributed by atoms with Gasteiger partial charge < -0.3 is 5.11 Å². The van der Waals surface area contributed by atoms with Crippen LogP contribution in [0.15, 0.2) is 61.2 Å². The Bertz CT molecular complexity index is 873. The van der Waals surface area contributed by atoms with E-state index in [0.29, 0.717) is 17.8 Å². The molecule has 0 amide bonds. The minimum Gasteiger partial charge on any atom is -0.379 e. The normalized spacial score (nSPS) is 13.2. The van der Waals surface area contributed by atoms with Crippen LogP contribution in [-0.2, 0) is 5.60 Å². The van der Waals surface area contributed by atoms with Gasteiger partial charge in [-0.15, -0.1) is 0 Å². The van der Waals surface area contributed by atoms with E-state index in [-0.39, 0.29) is 5.78 Å². The Balaban J connectivity index is 1.83. The van der Waals surface area contributed by atoms with Crippen molar-refractivity contribution < 1.29 is 9.90 Å². The molecular weight excluding hydrogens is 326 g/mol. The summed E-state index contributed by atoms with van der Waals surface area (Å²) in [5, 5.41) is 10.8. The molecule has 1 unspecified atom stereocenters. The number of hydrogen-bond donors (Lipinski definition) is 1. The number of carbonyl (C=O) groups is 1. The Morgan fingerprint density at radius 1 is 1.00 bits per heavy atom.